The number of anilines is 1. The monoisotopic (exact) mass is 343 g/mol. The summed E-state index contributed by atoms with van der Waals surface area (Å²) in [5.41, 5.74) is 1.54. The van der Waals surface area contributed by atoms with Crippen molar-refractivity contribution in [2.24, 2.45) is 5.92 Å². The summed E-state index contributed by atoms with van der Waals surface area (Å²) in [5, 5.41) is 12.5. The second-order valence-electron chi connectivity index (χ2n) is 6.43. The molecule has 1 saturated heterocycles. The molecule has 0 aliphatic carbocycles. The number of carbonyl (C=O) groups is 1. The van der Waals surface area contributed by atoms with Crippen molar-refractivity contribution >= 4 is 11.6 Å². The molecule has 1 aromatic heterocycles. The lowest BCUT2D eigenvalue weighted by atomic mass is 9.97. The molecule has 2 aromatic rings. The van der Waals surface area contributed by atoms with Gasteiger partial charge in [-0.05, 0) is 37.0 Å². The summed E-state index contributed by atoms with van der Waals surface area (Å²) in [6, 6.07) is 7.51. The van der Waals surface area contributed by atoms with E-state index in [0.29, 0.717) is 37.0 Å². The maximum absolute atomic E-state index is 12.7. The fourth-order valence-corrected chi connectivity index (χ4v) is 3.03. The Morgan fingerprint density at radius 2 is 2.20 bits per heavy atom. The first-order valence-electron chi connectivity index (χ1n) is 8.87. The van der Waals surface area contributed by atoms with Crippen molar-refractivity contribution in [1.29, 1.82) is 0 Å². The molecule has 2 heterocycles. The molecule has 1 aromatic carbocycles. The molecule has 1 fully saturated rings. The smallest absolute Gasteiger partial charge is 0.253 e. The Hall–Kier alpha value is -2.34. The highest BCUT2D eigenvalue weighted by atomic mass is 16.4. The number of nitrogens with zero attached hydrogens (tertiary/aromatic N) is 2. The summed E-state index contributed by atoms with van der Waals surface area (Å²) < 4.78 is 5.58. The van der Waals surface area contributed by atoms with E-state index in [2.05, 4.69) is 10.3 Å². The second-order valence-corrected chi connectivity index (χ2v) is 6.43. The van der Waals surface area contributed by atoms with Crippen molar-refractivity contribution < 1.29 is 14.3 Å². The number of aliphatic hydroxyl groups is 1. The van der Waals surface area contributed by atoms with Crippen LogP contribution in [0.1, 0.15) is 41.8 Å². The number of aliphatic hydroxyl groups excluding tert-OH is 1. The maximum atomic E-state index is 12.7. The van der Waals surface area contributed by atoms with E-state index in [0.717, 1.165) is 30.7 Å². The van der Waals surface area contributed by atoms with Gasteiger partial charge in [0.05, 0.1) is 12.7 Å². The van der Waals surface area contributed by atoms with Gasteiger partial charge in [0.2, 0.25) is 5.89 Å². The third kappa shape index (κ3) is 4.39. The molecule has 1 amide bonds. The highest BCUT2D eigenvalue weighted by Gasteiger charge is 2.23. The number of benzene rings is 1. The Bertz CT molecular complexity index is 705. The zero-order valence-corrected chi connectivity index (χ0v) is 14.6. The Labute approximate surface area is 147 Å². The minimum absolute atomic E-state index is 0.0458. The fourth-order valence-electron chi connectivity index (χ4n) is 3.03. The number of hydrogen-bond acceptors (Lipinski definition) is 5. The van der Waals surface area contributed by atoms with Gasteiger partial charge in [0.1, 0.15) is 5.76 Å². The summed E-state index contributed by atoms with van der Waals surface area (Å²) in [6.45, 7) is 4.13. The van der Waals surface area contributed by atoms with Crippen molar-refractivity contribution in [3.8, 4) is 0 Å². The molecule has 0 spiro atoms. The molecule has 25 heavy (non-hydrogen) atoms. The van der Waals surface area contributed by atoms with Crippen LogP contribution in [0.5, 0.6) is 0 Å². The van der Waals surface area contributed by atoms with Crippen LogP contribution >= 0.6 is 0 Å². The van der Waals surface area contributed by atoms with Gasteiger partial charge in [-0.15, -0.1) is 0 Å². The number of nitrogens with one attached hydrogen (secondary N) is 1. The SMILES string of the molecule is CCc1cnc(CNc2cccc(C(=O)N3CCC(CO)CC3)c2)o1. The van der Waals surface area contributed by atoms with E-state index in [1.165, 1.54) is 0 Å². The topological polar surface area (TPSA) is 78.6 Å². The van der Waals surface area contributed by atoms with Gasteiger partial charge >= 0.3 is 0 Å². The predicted molar refractivity (Wildman–Crippen MR) is 95.4 cm³/mol. The Kier molecular flexibility index (Phi) is 5.71. The lowest BCUT2D eigenvalue weighted by Gasteiger charge is -2.31. The zero-order chi connectivity index (χ0) is 17.6. The van der Waals surface area contributed by atoms with Gasteiger partial charge in [-0.25, -0.2) is 4.98 Å². The molecule has 0 atom stereocenters. The molecule has 0 unspecified atom stereocenters. The average Bonchev–Trinajstić information content (AvgIpc) is 3.14. The maximum Gasteiger partial charge on any atom is 0.253 e. The first-order chi connectivity index (χ1) is 12.2. The lowest BCUT2D eigenvalue weighted by Crippen LogP contribution is -2.39. The highest BCUT2D eigenvalue weighted by Crippen LogP contribution is 2.20. The molecular weight excluding hydrogens is 318 g/mol. The largest absolute Gasteiger partial charge is 0.444 e. The van der Waals surface area contributed by atoms with Gasteiger partial charge in [-0.2, -0.15) is 0 Å². The molecule has 0 bridgehead atoms. The quantitative estimate of drug-likeness (QED) is 0.843. The normalized spacial score (nSPS) is 15.4. The van der Waals surface area contributed by atoms with Crippen LogP contribution in [0, 0.1) is 5.92 Å². The third-order valence-corrected chi connectivity index (χ3v) is 4.66. The minimum Gasteiger partial charge on any atom is -0.444 e. The number of rotatable bonds is 6. The lowest BCUT2D eigenvalue weighted by molar-refractivity contribution is 0.0651. The standard InChI is InChI=1S/C19H25N3O3/c1-2-17-11-21-18(25-17)12-20-16-5-3-4-15(10-16)19(24)22-8-6-14(13-23)7-9-22/h3-5,10-11,14,20,23H,2,6-9,12-13H2,1H3. The molecule has 134 valence electrons. The van der Waals surface area contributed by atoms with E-state index >= 15 is 0 Å². The number of amides is 1. The van der Waals surface area contributed by atoms with Crippen LogP contribution in [0.2, 0.25) is 0 Å². The van der Waals surface area contributed by atoms with Crippen molar-refractivity contribution in [1.82, 2.24) is 9.88 Å². The van der Waals surface area contributed by atoms with Gasteiger partial charge in [0.15, 0.2) is 0 Å². The number of carbonyl (C=O) groups excluding carboxylic acids is 1. The van der Waals surface area contributed by atoms with Crippen LogP contribution in [0.4, 0.5) is 5.69 Å². The van der Waals surface area contributed by atoms with Crippen LogP contribution in [0.25, 0.3) is 0 Å². The van der Waals surface area contributed by atoms with Crippen LogP contribution < -0.4 is 5.32 Å². The molecular formula is C19H25N3O3. The van der Waals surface area contributed by atoms with E-state index in [9.17, 15) is 9.90 Å². The molecule has 0 radical (unpaired) electrons. The van der Waals surface area contributed by atoms with E-state index in [1.54, 1.807) is 6.20 Å². The molecule has 0 saturated carbocycles. The Morgan fingerprint density at radius 1 is 1.40 bits per heavy atom. The van der Waals surface area contributed by atoms with Crippen LogP contribution in [0.3, 0.4) is 0 Å². The summed E-state index contributed by atoms with van der Waals surface area (Å²) in [6.07, 6.45) is 4.30. The molecule has 3 rings (SSSR count). The van der Waals surface area contributed by atoms with Crippen molar-refractivity contribution in [3.05, 3.63) is 47.7 Å². The van der Waals surface area contributed by atoms with E-state index in [1.807, 2.05) is 36.1 Å². The molecule has 6 nitrogen and oxygen atoms in total. The van der Waals surface area contributed by atoms with Gasteiger partial charge in [-0.1, -0.05) is 13.0 Å². The first kappa shape index (κ1) is 17.5. The van der Waals surface area contributed by atoms with Gasteiger partial charge in [-0.3, -0.25) is 4.79 Å². The summed E-state index contributed by atoms with van der Waals surface area (Å²) >= 11 is 0. The molecule has 2 N–H and O–H groups in total. The number of hydrogen-bond donors (Lipinski definition) is 2. The second kappa shape index (κ2) is 8.16. The zero-order valence-electron chi connectivity index (χ0n) is 14.6. The number of aryl methyl sites for hydroxylation is 1. The van der Waals surface area contributed by atoms with E-state index < -0.39 is 0 Å². The Balaban J connectivity index is 1.59. The highest BCUT2D eigenvalue weighted by molar-refractivity contribution is 5.95. The van der Waals surface area contributed by atoms with Crippen LogP contribution in [-0.4, -0.2) is 40.6 Å². The minimum atomic E-state index is 0.0458. The Morgan fingerprint density at radius 3 is 2.88 bits per heavy atom. The molecule has 6 heteroatoms. The fraction of sp³-hybridized carbons (Fsp3) is 0.474. The molecule has 1 aliphatic rings. The number of oxazole rings is 1. The number of likely N-dealkylation sites (tertiary alicyclic amines) is 1. The van der Waals surface area contributed by atoms with Crippen molar-refractivity contribution in [2.75, 3.05) is 25.0 Å². The number of piperidine rings is 1. The van der Waals surface area contributed by atoms with E-state index in [-0.39, 0.29) is 12.5 Å². The number of aromatic nitrogens is 1. The summed E-state index contributed by atoms with van der Waals surface area (Å²) in [5.74, 6) is 1.88. The predicted octanol–water partition coefficient (Wildman–Crippen LogP) is 2.69. The molecule has 1 aliphatic heterocycles. The van der Waals surface area contributed by atoms with Gasteiger partial charge in [0.25, 0.3) is 5.91 Å². The first-order valence-corrected chi connectivity index (χ1v) is 8.87. The van der Waals surface area contributed by atoms with Gasteiger partial charge < -0.3 is 19.7 Å². The summed E-state index contributed by atoms with van der Waals surface area (Å²) in [7, 11) is 0. The van der Waals surface area contributed by atoms with Crippen LogP contribution in [0.15, 0.2) is 34.9 Å². The van der Waals surface area contributed by atoms with Gasteiger partial charge in [0, 0.05) is 37.4 Å². The summed E-state index contributed by atoms with van der Waals surface area (Å²) in [4.78, 5) is 18.8. The van der Waals surface area contributed by atoms with Crippen molar-refractivity contribution in [3.63, 3.8) is 0 Å². The van der Waals surface area contributed by atoms with Crippen molar-refractivity contribution in [2.45, 2.75) is 32.7 Å². The average molecular weight is 343 g/mol. The van der Waals surface area contributed by atoms with E-state index in [4.69, 9.17) is 4.42 Å². The van der Waals surface area contributed by atoms with Crippen LogP contribution in [-0.2, 0) is 13.0 Å². The third-order valence-electron chi connectivity index (χ3n) is 4.66.